The number of aliphatic hydroxyl groups excluding tert-OH is 1. The van der Waals surface area contributed by atoms with Gasteiger partial charge in [-0.25, -0.2) is 4.98 Å². The van der Waals surface area contributed by atoms with Crippen LogP contribution in [0, 0.1) is 0 Å². The summed E-state index contributed by atoms with van der Waals surface area (Å²) in [7, 11) is 0. The molecule has 0 bridgehead atoms. The Hall–Kier alpha value is -1.40. The Morgan fingerprint density at radius 3 is 2.89 bits per heavy atom. The zero-order valence-corrected chi connectivity index (χ0v) is 10.6. The molecule has 18 heavy (non-hydrogen) atoms. The van der Waals surface area contributed by atoms with Crippen molar-refractivity contribution in [1.29, 1.82) is 0 Å². The normalized spacial score (nSPS) is 18.6. The SMILES string of the molecule is CCn1ccnc(NC2(CO)CCOCC2)c1=O. The molecule has 0 saturated carbocycles. The molecule has 2 heterocycles. The molecule has 1 aliphatic rings. The molecule has 1 aliphatic heterocycles. The highest BCUT2D eigenvalue weighted by atomic mass is 16.5. The molecule has 1 saturated heterocycles. The third-order valence-corrected chi connectivity index (χ3v) is 3.39. The van der Waals surface area contributed by atoms with Crippen molar-refractivity contribution in [3.63, 3.8) is 0 Å². The van der Waals surface area contributed by atoms with Crippen molar-refractivity contribution in [2.45, 2.75) is 31.8 Å². The van der Waals surface area contributed by atoms with Crippen LogP contribution in [0.5, 0.6) is 0 Å². The third-order valence-electron chi connectivity index (χ3n) is 3.39. The summed E-state index contributed by atoms with van der Waals surface area (Å²) in [5.41, 5.74) is -0.642. The molecule has 6 nitrogen and oxygen atoms in total. The molecule has 0 unspecified atom stereocenters. The predicted molar refractivity (Wildman–Crippen MR) is 67.7 cm³/mol. The van der Waals surface area contributed by atoms with E-state index >= 15 is 0 Å². The first kappa shape index (κ1) is 13.0. The smallest absolute Gasteiger partial charge is 0.293 e. The van der Waals surface area contributed by atoms with E-state index in [2.05, 4.69) is 10.3 Å². The third kappa shape index (κ3) is 2.54. The lowest BCUT2D eigenvalue weighted by Gasteiger charge is -2.36. The molecule has 6 heteroatoms. The van der Waals surface area contributed by atoms with Gasteiger partial charge in [-0.2, -0.15) is 0 Å². The molecular weight excluding hydrogens is 234 g/mol. The molecule has 2 rings (SSSR count). The van der Waals surface area contributed by atoms with Gasteiger partial charge in [-0.15, -0.1) is 0 Å². The quantitative estimate of drug-likeness (QED) is 0.802. The molecule has 0 aliphatic carbocycles. The van der Waals surface area contributed by atoms with E-state index in [1.807, 2.05) is 6.92 Å². The lowest BCUT2D eigenvalue weighted by atomic mass is 9.91. The van der Waals surface area contributed by atoms with Gasteiger partial charge >= 0.3 is 0 Å². The van der Waals surface area contributed by atoms with E-state index in [0.29, 0.717) is 38.4 Å². The number of anilines is 1. The van der Waals surface area contributed by atoms with Crippen LogP contribution in [-0.4, -0.2) is 40.0 Å². The molecule has 1 fully saturated rings. The fraction of sp³-hybridized carbons (Fsp3) is 0.667. The van der Waals surface area contributed by atoms with Crippen molar-refractivity contribution in [3.05, 3.63) is 22.7 Å². The Bertz CT molecular complexity index is 452. The van der Waals surface area contributed by atoms with Gasteiger partial charge in [0.05, 0.1) is 12.1 Å². The first-order valence-electron chi connectivity index (χ1n) is 6.23. The van der Waals surface area contributed by atoms with Gasteiger partial charge < -0.3 is 19.7 Å². The highest BCUT2D eigenvalue weighted by Gasteiger charge is 2.32. The molecule has 0 aromatic carbocycles. The largest absolute Gasteiger partial charge is 0.394 e. The van der Waals surface area contributed by atoms with Crippen molar-refractivity contribution in [2.24, 2.45) is 0 Å². The van der Waals surface area contributed by atoms with E-state index in [1.54, 1.807) is 17.0 Å². The standard InChI is InChI=1S/C12H19N3O3/c1-2-15-6-5-13-10(11(15)17)14-12(9-16)3-7-18-8-4-12/h5-6,16H,2-4,7-9H2,1H3,(H,13,14). The molecule has 1 aromatic heterocycles. The number of hydrogen-bond acceptors (Lipinski definition) is 5. The highest BCUT2D eigenvalue weighted by Crippen LogP contribution is 2.23. The maximum atomic E-state index is 12.1. The van der Waals surface area contributed by atoms with Gasteiger partial charge in [0.25, 0.3) is 5.56 Å². The van der Waals surface area contributed by atoms with Gasteiger partial charge in [-0.1, -0.05) is 0 Å². The van der Waals surface area contributed by atoms with Crippen molar-refractivity contribution in [1.82, 2.24) is 9.55 Å². The number of aromatic nitrogens is 2. The van der Waals surface area contributed by atoms with Crippen molar-refractivity contribution >= 4 is 5.82 Å². The second-order valence-corrected chi connectivity index (χ2v) is 4.54. The Morgan fingerprint density at radius 2 is 2.28 bits per heavy atom. The van der Waals surface area contributed by atoms with Crippen LogP contribution < -0.4 is 10.9 Å². The van der Waals surface area contributed by atoms with Gasteiger partial charge in [-0.3, -0.25) is 4.79 Å². The van der Waals surface area contributed by atoms with Crippen LogP contribution in [0.4, 0.5) is 5.82 Å². The minimum Gasteiger partial charge on any atom is -0.394 e. The first-order valence-corrected chi connectivity index (χ1v) is 6.23. The average Bonchev–Trinajstić information content (AvgIpc) is 2.42. The Labute approximate surface area is 106 Å². The molecule has 2 N–H and O–H groups in total. The highest BCUT2D eigenvalue weighted by molar-refractivity contribution is 5.35. The summed E-state index contributed by atoms with van der Waals surface area (Å²) in [5, 5.41) is 12.7. The zero-order valence-electron chi connectivity index (χ0n) is 10.6. The van der Waals surface area contributed by atoms with Crippen LogP contribution >= 0.6 is 0 Å². The van der Waals surface area contributed by atoms with Gasteiger partial charge in [0.15, 0.2) is 5.82 Å². The van der Waals surface area contributed by atoms with Gasteiger partial charge in [0.2, 0.25) is 0 Å². The maximum Gasteiger partial charge on any atom is 0.293 e. The van der Waals surface area contributed by atoms with Crippen molar-refractivity contribution in [2.75, 3.05) is 25.1 Å². The fourth-order valence-electron chi connectivity index (χ4n) is 2.12. The molecule has 100 valence electrons. The van der Waals surface area contributed by atoms with Crippen LogP contribution in [0.15, 0.2) is 17.2 Å². The summed E-state index contributed by atoms with van der Waals surface area (Å²) in [6.45, 7) is 3.65. The topological polar surface area (TPSA) is 76.4 Å². The second kappa shape index (κ2) is 5.49. The van der Waals surface area contributed by atoms with E-state index in [9.17, 15) is 9.90 Å². The Morgan fingerprint density at radius 1 is 1.56 bits per heavy atom. The summed E-state index contributed by atoms with van der Waals surface area (Å²) < 4.78 is 6.87. The zero-order chi connectivity index (χ0) is 13.0. The molecule has 0 amide bonds. The van der Waals surface area contributed by atoms with Gasteiger partial charge in [0, 0.05) is 32.2 Å². The summed E-state index contributed by atoms with van der Waals surface area (Å²) in [5.74, 6) is 0.301. The number of aliphatic hydroxyl groups is 1. The van der Waals surface area contributed by atoms with E-state index in [-0.39, 0.29) is 12.2 Å². The number of ether oxygens (including phenoxy) is 1. The molecular formula is C12H19N3O3. The molecule has 0 radical (unpaired) electrons. The second-order valence-electron chi connectivity index (χ2n) is 4.54. The number of aryl methyl sites for hydroxylation is 1. The summed E-state index contributed by atoms with van der Waals surface area (Å²) >= 11 is 0. The van der Waals surface area contributed by atoms with Crippen LogP contribution in [-0.2, 0) is 11.3 Å². The van der Waals surface area contributed by atoms with Crippen molar-refractivity contribution in [3.8, 4) is 0 Å². The predicted octanol–water partition coefficient (Wildman–Crippen LogP) is 0.217. The maximum absolute atomic E-state index is 12.1. The van der Waals surface area contributed by atoms with Crippen LogP contribution in [0.2, 0.25) is 0 Å². The van der Waals surface area contributed by atoms with E-state index in [4.69, 9.17) is 4.74 Å². The summed E-state index contributed by atoms with van der Waals surface area (Å²) in [4.78, 5) is 16.1. The summed E-state index contributed by atoms with van der Waals surface area (Å²) in [6, 6.07) is 0. The lowest BCUT2D eigenvalue weighted by molar-refractivity contribution is 0.0378. The number of nitrogens with zero attached hydrogens (tertiary/aromatic N) is 2. The van der Waals surface area contributed by atoms with Crippen LogP contribution in [0.25, 0.3) is 0 Å². The van der Waals surface area contributed by atoms with E-state index < -0.39 is 5.54 Å². The number of rotatable bonds is 4. The minimum atomic E-state index is -0.489. The molecule has 0 atom stereocenters. The Kier molecular flexibility index (Phi) is 3.98. The van der Waals surface area contributed by atoms with Crippen LogP contribution in [0.1, 0.15) is 19.8 Å². The number of hydrogen-bond donors (Lipinski definition) is 2. The van der Waals surface area contributed by atoms with Gasteiger partial charge in [-0.05, 0) is 19.8 Å². The average molecular weight is 253 g/mol. The van der Waals surface area contributed by atoms with Crippen LogP contribution in [0.3, 0.4) is 0 Å². The van der Waals surface area contributed by atoms with Gasteiger partial charge in [0.1, 0.15) is 0 Å². The molecule has 1 aromatic rings. The fourth-order valence-corrected chi connectivity index (χ4v) is 2.12. The first-order chi connectivity index (χ1) is 8.71. The minimum absolute atomic E-state index is 0.0293. The van der Waals surface area contributed by atoms with E-state index in [1.165, 1.54) is 0 Å². The van der Waals surface area contributed by atoms with E-state index in [0.717, 1.165) is 0 Å². The number of nitrogens with one attached hydrogen (secondary N) is 1. The molecule has 0 spiro atoms. The van der Waals surface area contributed by atoms with Crippen molar-refractivity contribution < 1.29 is 9.84 Å². The lowest BCUT2D eigenvalue weighted by Crippen LogP contribution is -2.48. The summed E-state index contributed by atoms with van der Waals surface area (Å²) in [6.07, 6.45) is 4.60. The Balaban J connectivity index is 2.24. The monoisotopic (exact) mass is 253 g/mol.